The number of nitrogens with zero attached hydrogens (tertiary/aromatic N) is 3. The van der Waals surface area contributed by atoms with Crippen molar-refractivity contribution in [3.8, 4) is 0 Å². The number of hydrogen-bond acceptors (Lipinski definition) is 6. The maximum absolute atomic E-state index is 13.1. The first-order valence-corrected chi connectivity index (χ1v) is 12.2. The van der Waals surface area contributed by atoms with Crippen molar-refractivity contribution in [3.05, 3.63) is 23.8 Å². The predicted molar refractivity (Wildman–Crippen MR) is 119 cm³/mol. The molecule has 1 aromatic carbocycles. The third-order valence-electron chi connectivity index (χ3n) is 6.22. The molecular weight excluding hydrogens is 434 g/mol. The number of amides is 3. The highest BCUT2D eigenvalue weighted by Gasteiger charge is 2.36. The Morgan fingerprint density at radius 1 is 1.19 bits per heavy atom. The van der Waals surface area contributed by atoms with Crippen LogP contribution >= 0.6 is 0 Å². The summed E-state index contributed by atoms with van der Waals surface area (Å²) in [4.78, 5) is 42.2. The molecule has 3 amide bonds. The van der Waals surface area contributed by atoms with Gasteiger partial charge in [0.15, 0.2) is 6.04 Å². The molecule has 2 heterocycles. The van der Waals surface area contributed by atoms with Crippen LogP contribution in [0.15, 0.2) is 23.1 Å². The summed E-state index contributed by atoms with van der Waals surface area (Å²) in [7, 11) is -0.323. The molecule has 2 aliphatic rings. The SMILES string of the molecule is Cc1c(N2CCCC2=O)cccc1S(=O)(=O)N[C@@H](C(N)=O)C(=O)N1CCC(N(C)C)CC1. The normalized spacial score (nSPS) is 18.9. The first-order valence-electron chi connectivity index (χ1n) is 10.7. The van der Waals surface area contributed by atoms with E-state index in [1.165, 1.54) is 17.0 Å². The van der Waals surface area contributed by atoms with Crippen molar-refractivity contribution in [2.45, 2.75) is 49.6 Å². The second-order valence-electron chi connectivity index (χ2n) is 8.53. The molecule has 11 heteroatoms. The summed E-state index contributed by atoms with van der Waals surface area (Å²) in [5, 5.41) is 0. The van der Waals surface area contributed by atoms with Gasteiger partial charge < -0.3 is 20.4 Å². The molecular formula is C21H31N5O5S. The van der Waals surface area contributed by atoms with Crippen molar-refractivity contribution >= 4 is 33.4 Å². The summed E-state index contributed by atoms with van der Waals surface area (Å²) in [5.74, 6) is -1.78. The van der Waals surface area contributed by atoms with Gasteiger partial charge in [-0.05, 0) is 58.0 Å². The van der Waals surface area contributed by atoms with E-state index in [9.17, 15) is 22.8 Å². The van der Waals surface area contributed by atoms with Crippen LogP contribution in [-0.4, -0.2) is 81.8 Å². The molecule has 0 unspecified atom stereocenters. The maximum atomic E-state index is 13.1. The quantitative estimate of drug-likeness (QED) is 0.536. The Labute approximate surface area is 188 Å². The van der Waals surface area contributed by atoms with E-state index in [-0.39, 0.29) is 10.8 Å². The Bertz CT molecular complexity index is 1000. The monoisotopic (exact) mass is 465 g/mol. The number of hydrogen-bond donors (Lipinski definition) is 2. The van der Waals surface area contributed by atoms with E-state index in [0.29, 0.717) is 49.8 Å². The second-order valence-corrected chi connectivity index (χ2v) is 10.2. The Morgan fingerprint density at radius 2 is 1.84 bits per heavy atom. The summed E-state index contributed by atoms with van der Waals surface area (Å²) < 4.78 is 28.5. The highest BCUT2D eigenvalue weighted by Crippen LogP contribution is 2.29. The van der Waals surface area contributed by atoms with Gasteiger partial charge in [-0.1, -0.05) is 6.07 Å². The Morgan fingerprint density at radius 3 is 2.38 bits per heavy atom. The van der Waals surface area contributed by atoms with Gasteiger partial charge in [0, 0.05) is 37.8 Å². The second kappa shape index (κ2) is 9.55. The summed E-state index contributed by atoms with van der Waals surface area (Å²) in [6.07, 6.45) is 2.57. The lowest BCUT2D eigenvalue weighted by Crippen LogP contribution is -2.57. The van der Waals surface area contributed by atoms with Crippen LogP contribution in [0.1, 0.15) is 31.2 Å². The van der Waals surface area contributed by atoms with Gasteiger partial charge >= 0.3 is 0 Å². The fourth-order valence-corrected chi connectivity index (χ4v) is 5.74. The van der Waals surface area contributed by atoms with Gasteiger partial charge in [0.1, 0.15) is 0 Å². The molecule has 2 fully saturated rings. The van der Waals surface area contributed by atoms with Crippen molar-refractivity contribution < 1.29 is 22.8 Å². The lowest BCUT2D eigenvalue weighted by molar-refractivity contribution is -0.138. The van der Waals surface area contributed by atoms with Crippen molar-refractivity contribution in [2.75, 3.05) is 38.6 Å². The van der Waals surface area contributed by atoms with E-state index in [0.717, 1.165) is 12.8 Å². The molecule has 32 heavy (non-hydrogen) atoms. The van der Waals surface area contributed by atoms with Gasteiger partial charge in [-0.2, -0.15) is 4.72 Å². The summed E-state index contributed by atoms with van der Waals surface area (Å²) in [6.45, 7) is 2.95. The van der Waals surface area contributed by atoms with E-state index < -0.39 is 27.9 Å². The van der Waals surface area contributed by atoms with Gasteiger partial charge in [-0.25, -0.2) is 8.42 Å². The highest BCUT2D eigenvalue weighted by molar-refractivity contribution is 7.89. The van der Waals surface area contributed by atoms with Crippen molar-refractivity contribution in [3.63, 3.8) is 0 Å². The van der Waals surface area contributed by atoms with E-state index >= 15 is 0 Å². The largest absolute Gasteiger partial charge is 0.368 e. The van der Waals surface area contributed by atoms with Crippen molar-refractivity contribution in [2.24, 2.45) is 5.73 Å². The molecule has 2 aliphatic heterocycles. The molecule has 10 nitrogen and oxygen atoms in total. The fraction of sp³-hybridized carbons (Fsp3) is 0.571. The standard InChI is InChI=1S/C21H31N5O5S/c1-14-16(26-11-5-8-18(26)27)6-4-7-17(14)32(30,31)23-19(20(22)28)21(29)25-12-9-15(10-13-25)24(2)3/h4,6-7,15,19,23H,5,8-13H2,1-3H3,(H2,22,28)/t19-/m0/s1. The number of anilines is 1. The van der Waals surface area contributed by atoms with Gasteiger partial charge in [0.05, 0.1) is 4.90 Å². The van der Waals surface area contributed by atoms with Crippen LogP contribution in [-0.2, 0) is 24.4 Å². The minimum atomic E-state index is -4.26. The average Bonchev–Trinajstić information content (AvgIpc) is 3.17. The van der Waals surface area contributed by atoms with Crippen LogP contribution in [0.5, 0.6) is 0 Å². The van der Waals surface area contributed by atoms with Crippen LogP contribution < -0.4 is 15.4 Å². The van der Waals surface area contributed by atoms with Gasteiger partial charge in [0.25, 0.3) is 0 Å². The number of piperidine rings is 1. The maximum Gasteiger partial charge on any atom is 0.250 e. The number of carbonyl (C=O) groups is 3. The molecule has 0 radical (unpaired) electrons. The number of nitrogens with two attached hydrogens (primary N) is 1. The number of benzene rings is 1. The van der Waals surface area contributed by atoms with Crippen LogP contribution in [0.3, 0.4) is 0 Å². The van der Waals surface area contributed by atoms with Crippen molar-refractivity contribution in [1.29, 1.82) is 0 Å². The van der Waals surface area contributed by atoms with Gasteiger partial charge in [0.2, 0.25) is 27.7 Å². The third-order valence-corrected chi connectivity index (χ3v) is 7.79. The van der Waals surface area contributed by atoms with E-state index in [2.05, 4.69) is 9.62 Å². The number of primary amides is 1. The van der Waals surface area contributed by atoms with Gasteiger partial charge in [-0.15, -0.1) is 0 Å². The number of sulfonamides is 1. The number of carbonyl (C=O) groups excluding carboxylic acids is 3. The zero-order valence-electron chi connectivity index (χ0n) is 18.7. The number of rotatable bonds is 7. The number of likely N-dealkylation sites (tertiary alicyclic amines) is 1. The summed E-state index contributed by atoms with van der Waals surface area (Å²) in [5.41, 5.74) is 6.29. The lowest BCUT2D eigenvalue weighted by Gasteiger charge is -2.36. The summed E-state index contributed by atoms with van der Waals surface area (Å²) >= 11 is 0. The first kappa shape index (κ1) is 24.1. The predicted octanol–water partition coefficient (Wildman–Crippen LogP) is -0.193. The molecule has 0 aliphatic carbocycles. The van der Waals surface area contributed by atoms with E-state index in [1.54, 1.807) is 17.9 Å². The topological polar surface area (TPSA) is 133 Å². The zero-order chi connectivity index (χ0) is 23.6. The Hall–Kier alpha value is -2.50. The minimum absolute atomic E-state index is 0.0677. The third kappa shape index (κ3) is 4.94. The molecule has 0 spiro atoms. The van der Waals surface area contributed by atoms with Crippen LogP contribution in [0.2, 0.25) is 0 Å². The summed E-state index contributed by atoms with van der Waals surface area (Å²) in [6, 6.07) is 3.22. The molecule has 1 aromatic rings. The average molecular weight is 466 g/mol. The van der Waals surface area contributed by atoms with E-state index in [1.807, 2.05) is 14.1 Å². The Kier molecular flexibility index (Phi) is 7.21. The molecule has 0 saturated carbocycles. The highest BCUT2D eigenvalue weighted by atomic mass is 32.2. The minimum Gasteiger partial charge on any atom is -0.368 e. The molecule has 0 bridgehead atoms. The molecule has 2 saturated heterocycles. The molecule has 0 aromatic heterocycles. The Balaban J connectivity index is 1.81. The van der Waals surface area contributed by atoms with Crippen LogP contribution in [0.25, 0.3) is 0 Å². The lowest BCUT2D eigenvalue weighted by atomic mass is 10.0. The van der Waals surface area contributed by atoms with Crippen molar-refractivity contribution in [1.82, 2.24) is 14.5 Å². The number of nitrogens with one attached hydrogen (secondary N) is 1. The zero-order valence-corrected chi connectivity index (χ0v) is 19.5. The van der Waals surface area contributed by atoms with E-state index in [4.69, 9.17) is 5.73 Å². The molecule has 3 rings (SSSR count). The molecule has 3 N–H and O–H groups in total. The van der Waals surface area contributed by atoms with Crippen LogP contribution in [0.4, 0.5) is 5.69 Å². The fourth-order valence-electron chi connectivity index (χ4n) is 4.32. The molecule has 1 atom stereocenters. The smallest absolute Gasteiger partial charge is 0.250 e. The van der Waals surface area contributed by atoms with Crippen LogP contribution in [0, 0.1) is 6.92 Å². The first-order chi connectivity index (χ1) is 15.0. The molecule has 176 valence electrons. The van der Waals surface area contributed by atoms with Gasteiger partial charge in [-0.3, -0.25) is 14.4 Å².